The number of nitrogens with zero attached hydrogens (tertiary/aromatic N) is 3. The molecule has 0 saturated heterocycles. The number of amides is 1. The molecule has 1 amide bonds. The van der Waals surface area contributed by atoms with Gasteiger partial charge in [0.05, 0.1) is 5.25 Å². The Kier molecular flexibility index (Phi) is 5.67. The molecular weight excluding hydrogens is 368 g/mol. The minimum Gasteiger partial charge on any atom is -0.325 e. The Morgan fingerprint density at radius 3 is 2.68 bits per heavy atom. The summed E-state index contributed by atoms with van der Waals surface area (Å²) in [6.07, 6.45) is 6.23. The Morgan fingerprint density at radius 1 is 1.11 bits per heavy atom. The van der Waals surface area contributed by atoms with Crippen molar-refractivity contribution in [2.45, 2.75) is 55.4 Å². The predicted octanol–water partition coefficient (Wildman–Crippen LogP) is 5.14. The van der Waals surface area contributed by atoms with Crippen LogP contribution in [0.2, 0.25) is 0 Å². The van der Waals surface area contributed by atoms with E-state index in [2.05, 4.69) is 32.2 Å². The minimum absolute atomic E-state index is 0.0245. The van der Waals surface area contributed by atoms with Crippen molar-refractivity contribution in [1.82, 2.24) is 14.8 Å². The molecule has 3 aromatic rings. The molecule has 0 aliphatic heterocycles. The van der Waals surface area contributed by atoms with Crippen LogP contribution in [0.1, 0.15) is 50.8 Å². The normalized spacial score (nSPS) is 16.2. The highest BCUT2D eigenvalue weighted by molar-refractivity contribution is 8.00. The van der Waals surface area contributed by atoms with Crippen LogP contribution in [-0.2, 0) is 11.8 Å². The van der Waals surface area contributed by atoms with Gasteiger partial charge in [-0.25, -0.2) is 0 Å². The van der Waals surface area contributed by atoms with Gasteiger partial charge >= 0.3 is 0 Å². The largest absolute Gasteiger partial charge is 0.325 e. The summed E-state index contributed by atoms with van der Waals surface area (Å²) in [6.45, 7) is 1.92. The van der Waals surface area contributed by atoms with E-state index in [9.17, 15) is 4.79 Å². The van der Waals surface area contributed by atoms with Crippen molar-refractivity contribution >= 4 is 34.1 Å². The quantitative estimate of drug-likeness (QED) is 0.609. The number of hydrogen-bond acceptors (Lipinski definition) is 4. The number of nitrogens with one attached hydrogen (secondary N) is 1. The highest BCUT2D eigenvalue weighted by Gasteiger charge is 2.24. The number of benzene rings is 2. The standard InChI is InChI=1S/C22H26N4OS/c1-15(21(27)23-19-14-8-12-16-9-6-7-13-18(16)19)28-22-25-24-20(26(22)2)17-10-4-3-5-11-17/h6-9,12-15,17H,3-5,10-11H2,1-2H3,(H,23,27). The second kappa shape index (κ2) is 8.35. The van der Waals surface area contributed by atoms with Crippen molar-refractivity contribution in [2.75, 3.05) is 5.32 Å². The highest BCUT2D eigenvalue weighted by atomic mass is 32.2. The molecule has 5 nitrogen and oxygen atoms in total. The molecule has 1 aliphatic carbocycles. The molecule has 1 saturated carbocycles. The Bertz CT molecular complexity index is 972. The Labute approximate surface area is 169 Å². The van der Waals surface area contributed by atoms with Gasteiger partial charge in [0.15, 0.2) is 5.16 Å². The maximum Gasteiger partial charge on any atom is 0.237 e. The van der Waals surface area contributed by atoms with Crippen molar-refractivity contribution in [3.05, 3.63) is 48.3 Å². The van der Waals surface area contributed by atoms with Gasteiger partial charge in [0.1, 0.15) is 5.82 Å². The average Bonchev–Trinajstić information content (AvgIpc) is 3.09. The van der Waals surface area contributed by atoms with Crippen LogP contribution in [-0.4, -0.2) is 25.9 Å². The van der Waals surface area contributed by atoms with Crippen molar-refractivity contribution in [3.8, 4) is 0 Å². The van der Waals surface area contributed by atoms with Crippen LogP contribution in [0.4, 0.5) is 5.69 Å². The number of rotatable bonds is 5. The van der Waals surface area contributed by atoms with E-state index < -0.39 is 0 Å². The zero-order valence-electron chi connectivity index (χ0n) is 16.4. The first-order chi connectivity index (χ1) is 13.6. The molecular formula is C22H26N4OS. The molecule has 1 aliphatic rings. The van der Waals surface area contributed by atoms with Crippen molar-refractivity contribution in [3.63, 3.8) is 0 Å². The number of thioether (sulfide) groups is 1. The molecule has 1 aromatic heterocycles. The highest BCUT2D eigenvalue weighted by Crippen LogP contribution is 2.33. The summed E-state index contributed by atoms with van der Waals surface area (Å²) in [7, 11) is 2.02. The third-order valence-electron chi connectivity index (χ3n) is 5.54. The van der Waals surface area contributed by atoms with Gasteiger partial charge in [0, 0.05) is 24.0 Å². The maximum atomic E-state index is 12.8. The summed E-state index contributed by atoms with van der Waals surface area (Å²) in [4.78, 5) is 12.8. The first-order valence-corrected chi connectivity index (χ1v) is 10.9. The number of carbonyl (C=O) groups is 1. The van der Waals surface area contributed by atoms with Crippen LogP contribution in [0.15, 0.2) is 47.6 Å². The van der Waals surface area contributed by atoms with E-state index >= 15 is 0 Å². The second-order valence-electron chi connectivity index (χ2n) is 7.51. The lowest BCUT2D eigenvalue weighted by molar-refractivity contribution is -0.115. The summed E-state index contributed by atoms with van der Waals surface area (Å²) in [5, 5.41) is 14.6. The number of hydrogen-bond donors (Lipinski definition) is 1. The lowest BCUT2D eigenvalue weighted by Gasteiger charge is -2.20. The molecule has 2 aromatic carbocycles. The number of fused-ring (bicyclic) bond motifs is 1. The van der Waals surface area contributed by atoms with E-state index in [0.29, 0.717) is 5.92 Å². The van der Waals surface area contributed by atoms with Gasteiger partial charge in [-0.1, -0.05) is 67.4 Å². The van der Waals surface area contributed by atoms with Crippen molar-refractivity contribution in [1.29, 1.82) is 0 Å². The fraction of sp³-hybridized carbons (Fsp3) is 0.409. The molecule has 1 heterocycles. The van der Waals surface area contributed by atoms with E-state index in [1.165, 1.54) is 43.9 Å². The van der Waals surface area contributed by atoms with Crippen LogP contribution >= 0.6 is 11.8 Å². The van der Waals surface area contributed by atoms with Crippen LogP contribution in [0.3, 0.4) is 0 Å². The Balaban J connectivity index is 1.45. The SMILES string of the molecule is CC(Sc1nnc(C2CCCCC2)n1C)C(=O)Nc1cccc2ccccc12. The molecule has 1 unspecified atom stereocenters. The summed E-state index contributed by atoms with van der Waals surface area (Å²) >= 11 is 1.47. The zero-order valence-corrected chi connectivity index (χ0v) is 17.2. The Hall–Kier alpha value is -2.34. The van der Waals surface area contributed by atoms with Gasteiger partial charge in [-0.3, -0.25) is 4.79 Å². The third kappa shape index (κ3) is 3.92. The van der Waals surface area contributed by atoms with E-state index in [4.69, 9.17) is 0 Å². The second-order valence-corrected chi connectivity index (χ2v) is 8.82. The monoisotopic (exact) mass is 394 g/mol. The zero-order chi connectivity index (χ0) is 19.5. The summed E-state index contributed by atoms with van der Waals surface area (Å²) in [5.41, 5.74) is 0.844. The van der Waals surface area contributed by atoms with Gasteiger partial charge in [-0.05, 0) is 31.2 Å². The van der Waals surface area contributed by atoms with Gasteiger partial charge in [-0.2, -0.15) is 0 Å². The molecule has 6 heteroatoms. The number of aromatic nitrogens is 3. The van der Waals surface area contributed by atoms with Gasteiger partial charge in [0.2, 0.25) is 5.91 Å². The third-order valence-corrected chi connectivity index (χ3v) is 6.67. The predicted molar refractivity (Wildman–Crippen MR) is 115 cm³/mol. The van der Waals surface area contributed by atoms with E-state index in [0.717, 1.165) is 27.4 Å². The molecule has 0 spiro atoms. The van der Waals surface area contributed by atoms with Crippen molar-refractivity contribution in [2.24, 2.45) is 7.05 Å². The fourth-order valence-electron chi connectivity index (χ4n) is 3.93. The lowest BCUT2D eigenvalue weighted by Crippen LogP contribution is -2.23. The van der Waals surface area contributed by atoms with E-state index in [-0.39, 0.29) is 11.2 Å². The Morgan fingerprint density at radius 2 is 1.86 bits per heavy atom. The van der Waals surface area contributed by atoms with Crippen LogP contribution in [0, 0.1) is 0 Å². The lowest BCUT2D eigenvalue weighted by atomic mass is 9.89. The molecule has 1 N–H and O–H groups in total. The number of anilines is 1. The summed E-state index contributed by atoms with van der Waals surface area (Å²) in [5.74, 6) is 1.54. The molecule has 1 atom stereocenters. The van der Waals surface area contributed by atoms with Crippen LogP contribution in [0.5, 0.6) is 0 Å². The first-order valence-electron chi connectivity index (χ1n) is 9.98. The summed E-state index contributed by atoms with van der Waals surface area (Å²) < 4.78 is 2.07. The maximum absolute atomic E-state index is 12.8. The molecule has 146 valence electrons. The molecule has 4 rings (SSSR count). The van der Waals surface area contributed by atoms with Crippen LogP contribution in [0.25, 0.3) is 10.8 Å². The molecule has 0 radical (unpaired) electrons. The van der Waals surface area contributed by atoms with Crippen LogP contribution < -0.4 is 5.32 Å². The fourth-order valence-corrected chi connectivity index (χ4v) is 4.75. The smallest absolute Gasteiger partial charge is 0.237 e. The van der Waals surface area contributed by atoms with Gasteiger partial charge < -0.3 is 9.88 Å². The topological polar surface area (TPSA) is 59.8 Å². The molecule has 1 fully saturated rings. The van der Waals surface area contributed by atoms with Gasteiger partial charge in [0.25, 0.3) is 0 Å². The number of carbonyl (C=O) groups excluding carboxylic acids is 1. The van der Waals surface area contributed by atoms with E-state index in [1.54, 1.807) is 0 Å². The van der Waals surface area contributed by atoms with E-state index in [1.807, 2.05) is 44.3 Å². The molecule has 0 bridgehead atoms. The summed E-state index contributed by atoms with van der Waals surface area (Å²) in [6, 6.07) is 14.0. The average molecular weight is 395 g/mol. The minimum atomic E-state index is -0.263. The van der Waals surface area contributed by atoms with Gasteiger partial charge in [-0.15, -0.1) is 10.2 Å². The molecule has 28 heavy (non-hydrogen) atoms. The van der Waals surface area contributed by atoms with Crippen molar-refractivity contribution < 1.29 is 4.79 Å². The first kappa shape index (κ1) is 19.0.